The number of hydrogen-bond donors (Lipinski definition) is 1. The molecule has 1 aliphatic rings. The van der Waals surface area contributed by atoms with Gasteiger partial charge in [0.2, 0.25) is 0 Å². The van der Waals surface area contributed by atoms with Crippen LogP contribution < -0.4 is 14.8 Å². The van der Waals surface area contributed by atoms with E-state index in [1.165, 1.54) is 0 Å². The van der Waals surface area contributed by atoms with Crippen LogP contribution in [0.4, 0.5) is 0 Å². The monoisotopic (exact) mass is 261 g/mol. The Morgan fingerprint density at radius 3 is 2.53 bits per heavy atom. The normalized spacial score (nSPS) is 16.7. The maximum Gasteiger partial charge on any atom is 0.163 e. The van der Waals surface area contributed by atoms with E-state index in [-0.39, 0.29) is 0 Å². The molecule has 1 aromatic carbocycles. The molecule has 1 N–H and O–H groups in total. The fraction of sp³-hybridized carbons (Fsp3) is 0.500. The summed E-state index contributed by atoms with van der Waals surface area (Å²) in [7, 11) is 3.31. The van der Waals surface area contributed by atoms with Crippen molar-refractivity contribution in [3.8, 4) is 11.5 Å². The fourth-order valence-electron chi connectivity index (χ4n) is 2.73. The van der Waals surface area contributed by atoms with Crippen molar-refractivity contribution in [2.24, 2.45) is 0 Å². The van der Waals surface area contributed by atoms with Crippen LogP contribution in [0.2, 0.25) is 0 Å². The molecule has 2 aromatic rings. The summed E-state index contributed by atoms with van der Waals surface area (Å²) in [5.74, 6) is 1.48. The quantitative estimate of drug-likeness (QED) is 0.917. The highest BCUT2D eigenvalue weighted by atomic mass is 16.5. The van der Waals surface area contributed by atoms with Crippen LogP contribution in [0, 0.1) is 0 Å². The van der Waals surface area contributed by atoms with Crippen molar-refractivity contribution in [2.45, 2.75) is 18.9 Å². The van der Waals surface area contributed by atoms with Gasteiger partial charge in [0, 0.05) is 18.2 Å². The van der Waals surface area contributed by atoms with Crippen LogP contribution in [-0.2, 0) is 0 Å². The SMILES string of the molecule is COc1cc2ncn(C3CCNCC3)c2cc1OC. The van der Waals surface area contributed by atoms with Crippen molar-refractivity contribution in [2.75, 3.05) is 27.3 Å². The molecule has 0 unspecified atom stereocenters. The molecule has 0 spiro atoms. The topological polar surface area (TPSA) is 48.3 Å². The second kappa shape index (κ2) is 5.09. The fourth-order valence-corrected chi connectivity index (χ4v) is 2.73. The third-order valence-electron chi connectivity index (χ3n) is 3.78. The highest BCUT2D eigenvalue weighted by Gasteiger charge is 2.18. The van der Waals surface area contributed by atoms with E-state index in [2.05, 4.69) is 14.9 Å². The number of ether oxygens (including phenoxy) is 2. The number of rotatable bonds is 3. The molecule has 1 fully saturated rings. The first-order valence-corrected chi connectivity index (χ1v) is 6.62. The Hall–Kier alpha value is -1.75. The zero-order valence-electron chi connectivity index (χ0n) is 11.3. The van der Waals surface area contributed by atoms with E-state index in [0.29, 0.717) is 6.04 Å². The molecule has 0 bridgehead atoms. The molecule has 2 heterocycles. The van der Waals surface area contributed by atoms with Crippen molar-refractivity contribution in [3.63, 3.8) is 0 Å². The summed E-state index contributed by atoms with van der Waals surface area (Å²) in [6, 6.07) is 4.47. The molecule has 5 nitrogen and oxygen atoms in total. The molecule has 0 atom stereocenters. The summed E-state index contributed by atoms with van der Waals surface area (Å²) < 4.78 is 13.0. The molecule has 1 saturated heterocycles. The van der Waals surface area contributed by atoms with Gasteiger partial charge in [0.1, 0.15) is 0 Å². The van der Waals surface area contributed by atoms with Crippen molar-refractivity contribution in [1.29, 1.82) is 0 Å². The average Bonchev–Trinajstić information content (AvgIpc) is 2.89. The summed E-state index contributed by atoms with van der Waals surface area (Å²) in [5.41, 5.74) is 2.07. The molecule has 102 valence electrons. The molecule has 3 rings (SSSR count). The minimum absolute atomic E-state index is 0.518. The highest BCUT2D eigenvalue weighted by Crippen LogP contribution is 2.33. The van der Waals surface area contributed by atoms with Crippen LogP contribution in [0.5, 0.6) is 11.5 Å². The van der Waals surface area contributed by atoms with Gasteiger partial charge in [-0.1, -0.05) is 0 Å². The van der Waals surface area contributed by atoms with Crippen LogP contribution in [-0.4, -0.2) is 36.9 Å². The number of benzene rings is 1. The largest absolute Gasteiger partial charge is 0.493 e. The van der Waals surface area contributed by atoms with Gasteiger partial charge in [0.05, 0.1) is 31.6 Å². The van der Waals surface area contributed by atoms with Gasteiger partial charge in [-0.05, 0) is 25.9 Å². The Kier molecular flexibility index (Phi) is 3.29. The van der Waals surface area contributed by atoms with Crippen molar-refractivity contribution < 1.29 is 9.47 Å². The number of nitrogens with one attached hydrogen (secondary N) is 1. The van der Waals surface area contributed by atoms with Crippen molar-refractivity contribution in [1.82, 2.24) is 14.9 Å². The van der Waals surface area contributed by atoms with Gasteiger partial charge >= 0.3 is 0 Å². The number of nitrogens with zero attached hydrogens (tertiary/aromatic N) is 2. The Balaban J connectivity index is 2.06. The molecular formula is C14H19N3O2. The third-order valence-corrected chi connectivity index (χ3v) is 3.78. The Morgan fingerprint density at radius 1 is 1.16 bits per heavy atom. The summed E-state index contributed by atoms with van der Waals surface area (Å²) in [5, 5.41) is 3.39. The predicted octanol–water partition coefficient (Wildman–Crippen LogP) is 1.98. The maximum absolute atomic E-state index is 5.38. The first-order valence-electron chi connectivity index (χ1n) is 6.62. The van der Waals surface area contributed by atoms with Crippen molar-refractivity contribution in [3.05, 3.63) is 18.5 Å². The predicted molar refractivity (Wildman–Crippen MR) is 74.0 cm³/mol. The number of aromatic nitrogens is 2. The van der Waals surface area contributed by atoms with Gasteiger partial charge in [-0.2, -0.15) is 0 Å². The lowest BCUT2D eigenvalue weighted by Gasteiger charge is -2.24. The molecule has 0 amide bonds. The maximum atomic E-state index is 5.38. The summed E-state index contributed by atoms with van der Waals surface area (Å²) in [4.78, 5) is 4.48. The molecule has 0 radical (unpaired) electrons. The zero-order valence-corrected chi connectivity index (χ0v) is 11.3. The van der Waals surface area contributed by atoms with E-state index in [4.69, 9.17) is 9.47 Å². The summed E-state index contributed by atoms with van der Waals surface area (Å²) >= 11 is 0. The van der Waals surface area contributed by atoms with E-state index < -0.39 is 0 Å². The lowest BCUT2D eigenvalue weighted by Crippen LogP contribution is -2.29. The Labute approximate surface area is 112 Å². The van der Waals surface area contributed by atoms with Crippen LogP contribution >= 0.6 is 0 Å². The minimum Gasteiger partial charge on any atom is -0.493 e. The van der Waals surface area contributed by atoms with E-state index in [9.17, 15) is 0 Å². The van der Waals surface area contributed by atoms with Crippen LogP contribution in [0.1, 0.15) is 18.9 Å². The molecule has 0 saturated carbocycles. The van der Waals surface area contributed by atoms with Gasteiger partial charge in [-0.15, -0.1) is 0 Å². The lowest BCUT2D eigenvalue weighted by atomic mass is 10.1. The first-order chi connectivity index (χ1) is 9.33. The van der Waals surface area contributed by atoms with Gasteiger partial charge in [0.25, 0.3) is 0 Å². The molecule has 0 aliphatic carbocycles. The van der Waals surface area contributed by atoms with E-state index in [1.807, 2.05) is 18.5 Å². The average molecular weight is 261 g/mol. The summed E-state index contributed by atoms with van der Waals surface area (Å²) in [6.45, 7) is 2.13. The second-order valence-electron chi connectivity index (χ2n) is 4.83. The van der Waals surface area contributed by atoms with Crippen LogP contribution in [0.3, 0.4) is 0 Å². The number of imidazole rings is 1. The Morgan fingerprint density at radius 2 is 1.84 bits per heavy atom. The van der Waals surface area contributed by atoms with Gasteiger partial charge < -0.3 is 19.4 Å². The number of piperidine rings is 1. The smallest absolute Gasteiger partial charge is 0.163 e. The van der Waals surface area contributed by atoms with Gasteiger partial charge in [-0.25, -0.2) is 4.98 Å². The Bertz CT molecular complexity index is 573. The molecule has 19 heavy (non-hydrogen) atoms. The van der Waals surface area contributed by atoms with Crippen molar-refractivity contribution >= 4 is 11.0 Å². The van der Waals surface area contributed by atoms with E-state index in [1.54, 1.807) is 14.2 Å². The zero-order chi connectivity index (χ0) is 13.2. The second-order valence-corrected chi connectivity index (χ2v) is 4.83. The standard InChI is InChI=1S/C14H19N3O2/c1-18-13-7-11-12(8-14(13)19-2)17(9-16-11)10-3-5-15-6-4-10/h7-10,15H,3-6H2,1-2H3. The molecule has 1 aromatic heterocycles. The summed E-state index contributed by atoms with van der Waals surface area (Å²) in [6.07, 6.45) is 4.21. The number of hydrogen-bond acceptors (Lipinski definition) is 4. The third kappa shape index (κ3) is 2.14. The van der Waals surface area contributed by atoms with Gasteiger partial charge in [-0.3, -0.25) is 0 Å². The molecular weight excluding hydrogens is 242 g/mol. The van der Waals surface area contributed by atoms with E-state index >= 15 is 0 Å². The minimum atomic E-state index is 0.518. The highest BCUT2D eigenvalue weighted by molar-refractivity contribution is 5.80. The van der Waals surface area contributed by atoms with Crippen LogP contribution in [0.25, 0.3) is 11.0 Å². The van der Waals surface area contributed by atoms with Crippen LogP contribution in [0.15, 0.2) is 18.5 Å². The molecule has 5 heteroatoms. The van der Waals surface area contributed by atoms with Gasteiger partial charge in [0.15, 0.2) is 11.5 Å². The lowest BCUT2D eigenvalue weighted by molar-refractivity contribution is 0.354. The number of methoxy groups -OCH3 is 2. The first kappa shape index (κ1) is 12.3. The van der Waals surface area contributed by atoms with E-state index in [0.717, 1.165) is 48.5 Å². The number of fused-ring (bicyclic) bond motifs is 1. The molecule has 1 aliphatic heterocycles.